The van der Waals surface area contributed by atoms with Gasteiger partial charge >= 0.3 is 0 Å². The first-order valence-corrected chi connectivity index (χ1v) is 4.34. The Hall–Kier alpha value is -2.22. The number of carbonyl (C=O) groups excluding carboxylic acids is 1. The van der Waals surface area contributed by atoms with Crippen molar-refractivity contribution in [1.82, 2.24) is 15.1 Å². The first kappa shape index (κ1) is 10.9. The summed E-state index contributed by atoms with van der Waals surface area (Å²) in [5, 5.41) is 6.50. The second kappa shape index (κ2) is 4.86. The van der Waals surface area contributed by atoms with E-state index < -0.39 is 0 Å². The molecule has 0 aliphatic heterocycles. The maximum Gasteiger partial charge on any atom is 0.256 e. The molecule has 0 bridgehead atoms. The molecule has 0 aliphatic rings. The van der Waals surface area contributed by atoms with Gasteiger partial charge in [-0.05, 0) is 0 Å². The summed E-state index contributed by atoms with van der Waals surface area (Å²) in [6, 6.07) is 0. The summed E-state index contributed by atoms with van der Waals surface area (Å²) < 4.78 is 1.39. The molecule has 0 saturated heterocycles. The SMILES string of the molecule is C#CCn1ncc(C(=O)NCC=C)c1N. The Balaban J connectivity index is 2.82. The summed E-state index contributed by atoms with van der Waals surface area (Å²) in [6.45, 7) is 4.13. The third kappa shape index (κ3) is 2.38. The van der Waals surface area contributed by atoms with Crippen LogP contribution in [0.1, 0.15) is 10.4 Å². The zero-order valence-corrected chi connectivity index (χ0v) is 8.23. The molecule has 0 fully saturated rings. The number of carbonyl (C=O) groups is 1. The summed E-state index contributed by atoms with van der Waals surface area (Å²) in [5.74, 6) is 2.38. The Morgan fingerprint density at radius 3 is 3.20 bits per heavy atom. The van der Waals surface area contributed by atoms with Crippen LogP contribution in [0, 0.1) is 12.3 Å². The van der Waals surface area contributed by atoms with Crippen LogP contribution >= 0.6 is 0 Å². The molecule has 1 aromatic rings. The molecule has 78 valence electrons. The number of aromatic nitrogens is 2. The van der Waals surface area contributed by atoms with E-state index >= 15 is 0 Å². The van der Waals surface area contributed by atoms with E-state index in [1.165, 1.54) is 10.9 Å². The van der Waals surface area contributed by atoms with Crippen LogP contribution in [-0.4, -0.2) is 22.2 Å². The van der Waals surface area contributed by atoms with Crippen LogP contribution in [0.25, 0.3) is 0 Å². The maximum absolute atomic E-state index is 11.5. The smallest absolute Gasteiger partial charge is 0.256 e. The minimum Gasteiger partial charge on any atom is -0.383 e. The van der Waals surface area contributed by atoms with Gasteiger partial charge in [-0.15, -0.1) is 13.0 Å². The van der Waals surface area contributed by atoms with Gasteiger partial charge in [0.05, 0.1) is 6.20 Å². The summed E-state index contributed by atoms with van der Waals surface area (Å²) in [7, 11) is 0. The molecule has 5 nitrogen and oxygen atoms in total. The Kier molecular flexibility index (Phi) is 3.52. The average molecular weight is 204 g/mol. The Bertz CT molecular complexity index is 414. The molecule has 1 amide bonds. The van der Waals surface area contributed by atoms with Crippen LogP contribution in [0.2, 0.25) is 0 Å². The van der Waals surface area contributed by atoms with Crippen molar-refractivity contribution in [1.29, 1.82) is 0 Å². The van der Waals surface area contributed by atoms with Gasteiger partial charge in [0.2, 0.25) is 0 Å². The van der Waals surface area contributed by atoms with Crippen molar-refractivity contribution in [3.8, 4) is 12.3 Å². The molecule has 0 aromatic carbocycles. The van der Waals surface area contributed by atoms with Crippen molar-refractivity contribution in [2.75, 3.05) is 12.3 Å². The van der Waals surface area contributed by atoms with Crippen molar-refractivity contribution in [2.24, 2.45) is 0 Å². The lowest BCUT2D eigenvalue weighted by atomic mass is 10.3. The number of nitrogen functional groups attached to an aromatic ring is 1. The Morgan fingerprint density at radius 2 is 2.60 bits per heavy atom. The van der Waals surface area contributed by atoms with Gasteiger partial charge in [0.25, 0.3) is 5.91 Å². The number of hydrogen-bond acceptors (Lipinski definition) is 3. The quantitative estimate of drug-likeness (QED) is 0.536. The lowest BCUT2D eigenvalue weighted by Crippen LogP contribution is -2.23. The summed E-state index contributed by atoms with van der Waals surface area (Å²) >= 11 is 0. The fourth-order valence-corrected chi connectivity index (χ4v) is 1.04. The molecule has 1 heterocycles. The van der Waals surface area contributed by atoms with Crippen molar-refractivity contribution in [2.45, 2.75) is 6.54 Å². The zero-order chi connectivity index (χ0) is 11.3. The van der Waals surface area contributed by atoms with Gasteiger partial charge in [-0.2, -0.15) is 5.10 Å². The molecule has 0 saturated carbocycles. The van der Waals surface area contributed by atoms with Crippen LogP contribution in [0.5, 0.6) is 0 Å². The highest BCUT2D eigenvalue weighted by Gasteiger charge is 2.13. The molecular formula is C10H12N4O. The van der Waals surface area contributed by atoms with Crippen LogP contribution in [0.3, 0.4) is 0 Å². The summed E-state index contributed by atoms with van der Waals surface area (Å²) in [4.78, 5) is 11.5. The highest BCUT2D eigenvalue weighted by atomic mass is 16.1. The van der Waals surface area contributed by atoms with Gasteiger partial charge in [0.15, 0.2) is 0 Å². The van der Waals surface area contributed by atoms with Crippen LogP contribution < -0.4 is 11.1 Å². The Labute approximate surface area is 88.0 Å². The molecule has 15 heavy (non-hydrogen) atoms. The third-order valence-corrected chi connectivity index (χ3v) is 1.77. The number of nitrogens with two attached hydrogens (primary N) is 1. The van der Waals surface area contributed by atoms with Crippen LogP contribution in [0.15, 0.2) is 18.9 Å². The topological polar surface area (TPSA) is 72.9 Å². The average Bonchev–Trinajstić information content (AvgIpc) is 2.58. The molecular weight excluding hydrogens is 192 g/mol. The van der Waals surface area contributed by atoms with Gasteiger partial charge in [-0.1, -0.05) is 12.0 Å². The van der Waals surface area contributed by atoms with E-state index in [1.807, 2.05) is 0 Å². The molecule has 0 atom stereocenters. The molecule has 0 unspecified atom stereocenters. The number of terminal acetylenes is 1. The number of rotatable bonds is 4. The zero-order valence-electron chi connectivity index (χ0n) is 8.23. The summed E-state index contributed by atoms with van der Waals surface area (Å²) in [5.41, 5.74) is 6.01. The number of nitrogens with zero attached hydrogens (tertiary/aromatic N) is 2. The van der Waals surface area contributed by atoms with Crippen molar-refractivity contribution < 1.29 is 4.79 Å². The standard InChI is InChI=1S/C10H12N4O/c1-3-5-12-10(15)8-7-13-14(6-4-2)9(8)11/h2-3,7H,1,5-6,11H2,(H,12,15). The van der Waals surface area contributed by atoms with Crippen molar-refractivity contribution in [3.05, 3.63) is 24.4 Å². The normalized spacial score (nSPS) is 9.27. The van der Waals surface area contributed by atoms with E-state index in [0.717, 1.165) is 0 Å². The molecule has 5 heteroatoms. The van der Waals surface area contributed by atoms with Gasteiger partial charge < -0.3 is 11.1 Å². The van der Waals surface area contributed by atoms with Crippen molar-refractivity contribution in [3.63, 3.8) is 0 Å². The molecule has 0 spiro atoms. The van der Waals surface area contributed by atoms with E-state index in [-0.39, 0.29) is 18.3 Å². The lowest BCUT2D eigenvalue weighted by molar-refractivity contribution is 0.0959. The van der Waals surface area contributed by atoms with Gasteiger partial charge in [0.1, 0.15) is 17.9 Å². The van der Waals surface area contributed by atoms with Crippen LogP contribution in [-0.2, 0) is 6.54 Å². The van der Waals surface area contributed by atoms with E-state index in [4.69, 9.17) is 12.2 Å². The minimum atomic E-state index is -0.282. The van der Waals surface area contributed by atoms with E-state index in [2.05, 4.69) is 22.9 Å². The van der Waals surface area contributed by atoms with Gasteiger partial charge in [-0.25, -0.2) is 4.68 Å². The first-order chi connectivity index (χ1) is 7.20. The van der Waals surface area contributed by atoms with Crippen LogP contribution in [0.4, 0.5) is 5.82 Å². The highest BCUT2D eigenvalue weighted by Crippen LogP contribution is 2.09. The van der Waals surface area contributed by atoms with Gasteiger partial charge in [0, 0.05) is 6.54 Å². The second-order valence-corrected chi connectivity index (χ2v) is 2.80. The van der Waals surface area contributed by atoms with Gasteiger partial charge in [-0.3, -0.25) is 4.79 Å². The van der Waals surface area contributed by atoms with E-state index in [1.54, 1.807) is 6.08 Å². The first-order valence-electron chi connectivity index (χ1n) is 4.34. The van der Waals surface area contributed by atoms with E-state index in [9.17, 15) is 4.79 Å². The predicted molar refractivity (Wildman–Crippen MR) is 58.0 cm³/mol. The largest absolute Gasteiger partial charge is 0.383 e. The molecule has 1 aromatic heterocycles. The number of hydrogen-bond donors (Lipinski definition) is 2. The minimum absolute atomic E-state index is 0.251. The lowest BCUT2D eigenvalue weighted by Gasteiger charge is -2.01. The molecule has 0 aliphatic carbocycles. The highest BCUT2D eigenvalue weighted by molar-refractivity contribution is 5.98. The summed E-state index contributed by atoms with van der Waals surface area (Å²) in [6.07, 6.45) is 8.09. The predicted octanol–water partition coefficient (Wildman–Crippen LogP) is 0.0143. The van der Waals surface area contributed by atoms with Crippen molar-refractivity contribution >= 4 is 11.7 Å². The van der Waals surface area contributed by atoms with E-state index in [0.29, 0.717) is 12.1 Å². The number of nitrogens with one attached hydrogen (secondary N) is 1. The monoisotopic (exact) mass is 204 g/mol. The fraction of sp³-hybridized carbons (Fsp3) is 0.200. The fourth-order valence-electron chi connectivity index (χ4n) is 1.04. The number of amides is 1. The molecule has 0 radical (unpaired) electrons. The Morgan fingerprint density at radius 1 is 1.87 bits per heavy atom. The second-order valence-electron chi connectivity index (χ2n) is 2.80. The number of anilines is 1. The third-order valence-electron chi connectivity index (χ3n) is 1.77. The molecule has 3 N–H and O–H groups in total. The maximum atomic E-state index is 11.5. The molecule has 1 rings (SSSR count).